The second kappa shape index (κ2) is 8.52. The van der Waals surface area contributed by atoms with E-state index in [1.165, 1.54) is 13.8 Å². The van der Waals surface area contributed by atoms with E-state index in [4.69, 9.17) is 10.00 Å². The van der Waals surface area contributed by atoms with Crippen molar-refractivity contribution in [3.63, 3.8) is 0 Å². The highest BCUT2D eigenvalue weighted by Crippen LogP contribution is 2.49. The number of phosphoric ester groups is 1. The highest BCUT2D eigenvalue weighted by atomic mass is 31.2. The molecular formula is C6H12O8P2. The number of rotatable bonds is 5. The molecular weight excluding hydrogens is 262 g/mol. The van der Waals surface area contributed by atoms with Gasteiger partial charge in [-0.1, -0.05) is 6.58 Å². The predicted molar refractivity (Wildman–Crippen MR) is 52.6 cm³/mol. The molecule has 0 amide bonds. The molecule has 0 aliphatic rings. The van der Waals surface area contributed by atoms with Gasteiger partial charge in [0.2, 0.25) is 0 Å². The van der Waals surface area contributed by atoms with E-state index in [-0.39, 0.29) is 12.2 Å². The summed E-state index contributed by atoms with van der Waals surface area (Å²) in [5.74, 6) is -0.935. The number of carboxylic acid groups (broad SMARTS) is 1. The van der Waals surface area contributed by atoms with E-state index < -0.39 is 22.0 Å². The van der Waals surface area contributed by atoms with Crippen molar-refractivity contribution in [2.75, 3.05) is 6.61 Å². The second-order valence-corrected chi connectivity index (χ2v) is 4.57. The van der Waals surface area contributed by atoms with Gasteiger partial charge in [0.05, 0.1) is 6.61 Å². The molecule has 0 heterocycles. The summed E-state index contributed by atoms with van der Waals surface area (Å²) in [6.07, 6.45) is 0. The van der Waals surface area contributed by atoms with Crippen molar-refractivity contribution in [1.82, 2.24) is 0 Å². The van der Waals surface area contributed by atoms with E-state index >= 15 is 0 Å². The molecule has 8 nitrogen and oxygen atoms in total. The lowest BCUT2D eigenvalue weighted by molar-refractivity contribution is -0.179. The zero-order valence-corrected chi connectivity index (χ0v) is 10.4. The Morgan fingerprint density at radius 1 is 1.62 bits per heavy atom. The van der Waals surface area contributed by atoms with Gasteiger partial charge in [0, 0.05) is 5.57 Å². The summed E-state index contributed by atoms with van der Waals surface area (Å²) in [5, 5.41) is 7.89. The molecule has 0 aromatic heterocycles. The van der Waals surface area contributed by atoms with Crippen molar-refractivity contribution >= 4 is 22.0 Å². The minimum absolute atomic E-state index is 0.0864. The summed E-state index contributed by atoms with van der Waals surface area (Å²) in [6, 6.07) is 0. The van der Waals surface area contributed by atoms with Crippen molar-refractivity contribution in [2.24, 2.45) is 0 Å². The molecule has 0 fully saturated rings. The third-order valence-electron chi connectivity index (χ3n) is 0.827. The van der Waals surface area contributed by atoms with Gasteiger partial charge in [0.25, 0.3) is 0 Å². The Labute approximate surface area is 93.1 Å². The molecule has 0 aromatic rings. The molecule has 0 rings (SSSR count). The lowest BCUT2D eigenvalue weighted by Gasteiger charge is -2.01. The van der Waals surface area contributed by atoms with Gasteiger partial charge in [-0.2, -0.15) is 0 Å². The predicted octanol–water partition coefficient (Wildman–Crippen LogP) is 0.805. The molecule has 2 atom stereocenters. The van der Waals surface area contributed by atoms with Crippen molar-refractivity contribution in [1.29, 1.82) is 0 Å². The first-order chi connectivity index (χ1) is 7.12. The van der Waals surface area contributed by atoms with Crippen molar-refractivity contribution < 1.29 is 37.7 Å². The molecule has 94 valence electrons. The SMILES string of the molecule is C=C(C)C(=O)O.CCOP(=O)(O)O[P+](=O)[O-]. The lowest BCUT2D eigenvalue weighted by atomic mass is 10.4. The Bertz CT molecular complexity index is 300. The largest absolute Gasteiger partial charge is 0.566 e. The molecule has 2 N–H and O–H groups in total. The van der Waals surface area contributed by atoms with E-state index in [1.54, 1.807) is 0 Å². The third kappa shape index (κ3) is 13.4. The Morgan fingerprint density at radius 2 is 2.00 bits per heavy atom. The highest BCUT2D eigenvalue weighted by molar-refractivity contribution is 7.55. The van der Waals surface area contributed by atoms with Gasteiger partial charge in [0.15, 0.2) is 0 Å². The molecule has 10 heteroatoms. The first-order valence-electron chi connectivity index (χ1n) is 3.82. The average molecular weight is 274 g/mol. The molecule has 0 aromatic carbocycles. The fraction of sp³-hybridized carbons (Fsp3) is 0.500. The van der Waals surface area contributed by atoms with Crippen LogP contribution in [0.25, 0.3) is 0 Å². The Hall–Kier alpha value is -0.620. The molecule has 16 heavy (non-hydrogen) atoms. The fourth-order valence-electron chi connectivity index (χ4n) is 0.271. The van der Waals surface area contributed by atoms with E-state index in [1.807, 2.05) is 0 Å². The Morgan fingerprint density at radius 3 is 2.19 bits per heavy atom. The van der Waals surface area contributed by atoms with Crippen LogP contribution in [0.3, 0.4) is 0 Å². The van der Waals surface area contributed by atoms with Gasteiger partial charge in [-0.05, 0) is 22.7 Å². The van der Waals surface area contributed by atoms with Crippen LogP contribution in [0.2, 0.25) is 0 Å². The molecule has 0 saturated carbocycles. The monoisotopic (exact) mass is 274 g/mol. The smallest absolute Gasteiger partial charge is 0.515 e. The first kappa shape index (κ1) is 17.8. The van der Waals surface area contributed by atoms with Gasteiger partial charge < -0.3 is 14.9 Å². The fourth-order valence-corrected chi connectivity index (χ4v) is 1.46. The van der Waals surface area contributed by atoms with E-state index in [0.29, 0.717) is 0 Å². The molecule has 0 aliphatic carbocycles. The number of carbonyl (C=O) groups is 1. The van der Waals surface area contributed by atoms with Gasteiger partial charge in [-0.15, -0.1) is 0 Å². The zero-order chi connectivity index (χ0) is 13.4. The zero-order valence-electron chi connectivity index (χ0n) is 8.65. The summed E-state index contributed by atoms with van der Waals surface area (Å²) in [7, 11) is -7.68. The van der Waals surface area contributed by atoms with Crippen LogP contribution in [0.15, 0.2) is 12.2 Å². The number of hydrogen-bond donors (Lipinski definition) is 2. The Balaban J connectivity index is 0. The summed E-state index contributed by atoms with van der Waals surface area (Å²) in [4.78, 5) is 27.7. The summed E-state index contributed by atoms with van der Waals surface area (Å²) >= 11 is 0. The van der Waals surface area contributed by atoms with Gasteiger partial charge in [-0.25, -0.2) is 9.36 Å². The van der Waals surface area contributed by atoms with Crippen LogP contribution in [0.1, 0.15) is 13.8 Å². The van der Waals surface area contributed by atoms with Crippen LogP contribution in [0.5, 0.6) is 0 Å². The van der Waals surface area contributed by atoms with Crippen LogP contribution in [0.4, 0.5) is 0 Å². The van der Waals surface area contributed by atoms with Gasteiger partial charge >= 0.3 is 22.0 Å². The van der Waals surface area contributed by atoms with Crippen molar-refractivity contribution in [3.05, 3.63) is 12.2 Å². The number of hydrogen-bond acceptors (Lipinski definition) is 6. The van der Waals surface area contributed by atoms with Crippen molar-refractivity contribution in [2.45, 2.75) is 13.8 Å². The van der Waals surface area contributed by atoms with Crippen LogP contribution in [0, 0.1) is 0 Å². The van der Waals surface area contributed by atoms with Crippen LogP contribution in [-0.2, 0) is 22.8 Å². The first-order valence-corrected chi connectivity index (χ1v) is 6.41. The topological polar surface area (TPSA) is 133 Å². The third-order valence-corrected chi connectivity index (χ3v) is 2.77. The average Bonchev–Trinajstić information content (AvgIpc) is 2.01. The number of phosphoric acid groups is 1. The molecule has 0 bridgehead atoms. The van der Waals surface area contributed by atoms with E-state index in [2.05, 4.69) is 15.4 Å². The quantitative estimate of drug-likeness (QED) is 0.555. The van der Waals surface area contributed by atoms with Crippen LogP contribution >= 0.6 is 16.1 Å². The molecule has 0 aliphatic heterocycles. The summed E-state index contributed by atoms with van der Waals surface area (Å²) in [6.45, 7) is 5.95. The van der Waals surface area contributed by atoms with Crippen molar-refractivity contribution in [3.8, 4) is 0 Å². The summed E-state index contributed by atoms with van der Waals surface area (Å²) < 4.78 is 27.6. The van der Waals surface area contributed by atoms with Crippen LogP contribution in [-0.4, -0.2) is 22.6 Å². The minimum atomic E-state index is -4.34. The Kier molecular flexibility index (Phi) is 9.46. The van der Waals surface area contributed by atoms with E-state index in [9.17, 15) is 18.8 Å². The number of aliphatic carboxylic acids is 1. The van der Waals surface area contributed by atoms with Gasteiger partial charge in [0.1, 0.15) is 0 Å². The maximum absolute atomic E-state index is 10.4. The maximum atomic E-state index is 10.4. The molecule has 2 unspecified atom stereocenters. The number of carboxylic acids is 1. The second-order valence-electron chi connectivity index (χ2n) is 2.28. The molecule has 0 saturated heterocycles. The summed E-state index contributed by atoms with van der Waals surface area (Å²) in [5.41, 5.74) is 0.176. The molecule has 0 radical (unpaired) electrons. The van der Waals surface area contributed by atoms with Crippen LogP contribution < -0.4 is 4.89 Å². The molecule has 0 spiro atoms. The standard InChI is InChI=1S/C4H6O2.C2H6O6P2/c1-3(2)4(5)6;1-2-7-10(5,6)8-9(3)4/h1H2,2H3,(H,5,6);2H2,1H3,(H,5,6). The van der Waals surface area contributed by atoms with E-state index in [0.717, 1.165) is 0 Å². The highest BCUT2D eigenvalue weighted by Gasteiger charge is 2.28. The maximum Gasteiger partial charge on any atom is 0.515 e. The lowest BCUT2D eigenvalue weighted by Crippen LogP contribution is -1.93. The normalized spacial score (nSPS) is 14.1. The minimum Gasteiger partial charge on any atom is -0.566 e. The van der Waals surface area contributed by atoms with Gasteiger partial charge in [-0.3, -0.25) is 4.52 Å².